The topological polar surface area (TPSA) is 61.4 Å². The lowest BCUT2D eigenvalue weighted by Crippen LogP contribution is -2.49. The van der Waals surface area contributed by atoms with E-state index in [1.807, 2.05) is 18.7 Å². The number of rotatable bonds is 9. The smallest absolute Gasteiger partial charge is 0.237 e. The van der Waals surface area contributed by atoms with Crippen molar-refractivity contribution < 1.29 is 14.0 Å². The molecule has 0 saturated heterocycles. The zero-order chi connectivity index (χ0) is 17.2. The van der Waals surface area contributed by atoms with Crippen molar-refractivity contribution in [3.8, 4) is 0 Å². The molecule has 5 nitrogen and oxygen atoms in total. The molecule has 0 spiro atoms. The third-order valence-electron chi connectivity index (χ3n) is 3.68. The first-order chi connectivity index (χ1) is 11.0. The molecule has 2 amide bonds. The number of hydrogen-bond donors (Lipinski definition) is 2. The second kappa shape index (κ2) is 9.94. The molecule has 1 atom stereocenters. The highest BCUT2D eigenvalue weighted by Crippen LogP contribution is 2.03. The highest BCUT2D eigenvalue weighted by atomic mass is 19.1. The van der Waals surface area contributed by atoms with E-state index >= 15 is 0 Å². The Hall–Kier alpha value is -1.95. The van der Waals surface area contributed by atoms with Gasteiger partial charge in [0.1, 0.15) is 5.82 Å². The van der Waals surface area contributed by atoms with E-state index in [0.717, 1.165) is 5.56 Å². The van der Waals surface area contributed by atoms with E-state index in [4.69, 9.17) is 0 Å². The molecule has 23 heavy (non-hydrogen) atoms. The summed E-state index contributed by atoms with van der Waals surface area (Å²) in [6, 6.07) is 5.85. The number of nitrogens with zero attached hydrogens (tertiary/aromatic N) is 1. The number of halogens is 1. The zero-order valence-corrected chi connectivity index (χ0v) is 14.1. The number of benzene rings is 1. The fourth-order valence-electron chi connectivity index (χ4n) is 2.25. The Morgan fingerprint density at radius 3 is 2.39 bits per heavy atom. The predicted octanol–water partition coefficient (Wildman–Crippen LogP) is 1.33. The van der Waals surface area contributed by atoms with Crippen molar-refractivity contribution in [2.75, 3.05) is 26.2 Å². The van der Waals surface area contributed by atoms with Crippen molar-refractivity contribution in [3.05, 3.63) is 35.6 Å². The Morgan fingerprint density at radius 1 is 1.17 bits per heavy atom. The lowest BCUT2D eigenvalue weighted by Gasteiger charge is -2.26. The monoisotopic (exact) mass is 323 g/mol. The Morgan fingerprint density at radius 2 is 1.83 bits per heavy atom. The van der Waals surface area contributed by atoms with E-state index in [0.29, 0.717) is 26.1 Å². The van der Waals surface area contributed by atoms with Gasteiger partial charge in [0, 0.05) is 13.1 Å². The van der Waals surface area contributed by atoms with Gasteiger partial charge in [0.25, 0.3) is 0 Å². The van der Waals surface area contributed by atoms with E-state index in [2.05, 4.69) is 10.6 Å². The minimum Gasteiger partial charge on any atom is -0.355 e. The molecule has 1 rings (SSSR count). The molecule has 0 saturated carbocycles. The van der Waals surface area contributed by atoms with E-state index in [9.17, 15) is 14.0 Å². The lowest BCUT2D eigenvalue weighted by atomic mass is 10.1. The highest BCUT2D eigenvalue weighted by molar-refractivity contribution is 5.83. The predicted molar refractivity (Wildman–Crippen MR) is 88.5 cm³/mol. The largest absolute Gasteiger partial charge is 0.355 e. The van der Waals surface area contributed by atoms with Crippen molar-refractivity contribution in [3.63, 3.8) is 0 Å². The molecule has 2 N–H and O–H groups in total. The molecule has 128 valence electrons. The van der Waals surface area contributed by atoms with E-state index < -0.39 is 0 Å². The van der Waals surface area contributed by atoms with Gasteiger partial charge in [0.05, 0.1) is 12.6 Å². The van der Waals surface area contributed by atoms with Crippen LogP contribution in [-0.4, -0.2) is 48.9 Å². The van der Waals surface area contributed by atoms with Gasteiger partial charge in [-0.1, -0.05) is 19.1 Å². The van der Waals surface area contributed by atoms with Crippen LogP contribution in [-0.2, 0) is 16.0 Å². The minimum atomic E-state index is -0.379. The fourth-order valence-corrected chi connectivity index (χ4v) is 2.25. The average Bonchev–Trinajstić information content (AvgIpc) is 2.54. The maximum atomic E-state index is 12.8. The molecule has 0 aliphatic rings. The molecule has 0 aliphatic carbocycles. The van der Waals surface area contributed by atoms with Crippen molar-refractivity contribution in [1.82, 2.24) is 15.5 Å². The molecule has 1 aromatic carbocycles. The van der Waals surface area contributed by atoms with Gasteiger partial charge in [-0.25, -0.2) is 4.39 Å². The number of amides is 2. The SMILES string of the molecule is CCNC(=O)CN(CC)[C@H](C)C(=O)NCCc1ccc(F)cc1. The first kappa shape index (κ1) is 19.1. The number of likely N-dealkylation sites (N-methyl/N-ethyl adjacent to an activating group) is 2. The third-order valence-corrected chi connectivity index (χ3v) is 3.68. The summed E-state index contributed by atoms with van der Waals surface area (Å²) in [4.78, 5) is 25.7. The van der Waals surface area contributed by atoms with Crippen LogP contribution in [0.15, 0.2) is 24.3 Å². The van der Waals surface area contributed by atoms with Crippen LogP contribution in [0.1, 0.15) is 26.3 Å². The van der Waals surface area contributed by atoms with Crippen molar-refractivity contribution in [1.29, 1.82) is 0 Å². The van der Waals surface area contributed by atoms with Crippen molar-refractivity contribution in [2.45, 2.75) is 33.2 Å². The van der Waals surface area contributed by atoms with Crippen LogP contribution in [0, 0.1) is 5.82 Å². The summed E-state index contributed by atoms with van der Waals surface area (Å²) in [6.45, 7) is 7.44. The van der Waals surface area contributed by atoms with Gasteiger partial charge in [-0.15, -0.1) is 0 Å². The number of nitrogens with one attached hydrogen (secondary N) is 2. The van der Waals surface area contributed by atoms with Crippen LogP contribution < -0.4 is 10.6 Å². The number of hydrogen-bond acceptors (Lipinski definition) is 3. The van der Waals surface area contributed by atoms with Gasteiger partial charge in [-0.05, 0) is 44.5 Å². The second-order valence-electron chi connectivity index (χ2n) is 5.36. The molecule has 0 heterocycles. The van der Waals surface area contributed by atoms with Crippen molar-refractivity contribution >= 4 is 11.8 Å². The molecule has 0 aliphatic heterocycles. The summed E-state index contributed by atoms with van der Waals surface area (Å²) in [6.07, 6.45) is 0.640. The fraction of sp³-hybridized carbons (Fsp3) is 0.529. The van der Waals surface area contributed by atoms with Crippen LogP contribution in [0.5, 0.6) is 0 Å². The summed E-state index contributed by atoms with van der Waals surface area (Å²) in [5, 5.41) is 5.59. The molecule has 0 radical (unpaired) electrons. The molecule has 0 unspecified atom stereocenters. The zero-order valence-electron chi connectivity index (χ0n) is 14.1. The summed E-state index contributed by atoms with van der Waals surface area (Å²) < 4.78 is 12.8. The molecular formula is C17H26FN3O2. The van der Waals surface area contributed by atoms with Gasteiger partial charge < -0.3 is 10.6 Å². The highest BCUT2D eigenvalue weighted by Gasteiger charge is 2.21. The summed E-state index contributed by atoms with van der Waals surface area (Å²) in [5.41, 5.74) is 0.967. The van der Waals surface area contributed by atoms with E-state index in [1.165, 1.54) is 12.1 Å². The van der Waals surface area contributed by atoms with Gasteiger partial charge in [-0.2, -0.15) is 0 Å². The second-order valence-corrected chi connectivity index (χ2v) is 5.36. The van der Waals surface area contributed by atoms with Gasteiger partial charge in [0.15, 0.2) is 0 Å². The van der Waals surface area contributed by atoms with Gasteiger partial charge in [-0.3, -0.25) is 14.5 Å². The maximum Gasteiger partial charge on any atom is 0.237 e. The van der Waals surface area contributed by atoms with Gasteiger partial charge >= 0.3 is 0 Å². The van der Waals surface area contributed by atoms with Crippen LogP contribution in [0.2, 0.25) is 0 Å². The summed E-state index contributed by atoms with van der Waals surface area (Å²) >= 11 is 0. The summed E-state index contributed by atoms with van der Waals surface area (Å²) in [5.74, 6) is -0.464. The Kier molecular flexibility index (Phi) is 8.26. The average molecular weight is 323 g/mol. The van der Waals surface area contributed by atoms with Crippen molar-refractivity contribution in [2.24, 2.45) is 0 Å². The Bertz CT molecular complexity index is 505. The molecule has 1 aromatic rings. The Labute approximate surface area is 137 Å². The quantitative estimate of drug-likeness (QED) is 0.721. The standard InChI is InChI=1S/C17H26FN3O2/c1-4-19-16(22)12-21(5-2)13(3)17(23)20-11-10-14-6-8-15(18)9-7-14/h6-9,13H,4-5,10-12H2,1-3H3,(H,19,22)(H,20,23)/t13-/m1/s1. The minimum absolute atomic E-state index is 0.0830. The van der Waals surface area contributed by atoms with Crippen LogP contribution in [0.4, 0.5) is 4.39 Å². The first-order valence-electron chi connectivity index (χ1n) is 8.00. The molecule has 0 bridgehead atoms. The van der Waals surface area contributed by atoms with Crippen LogP contribution >= 0.6 is 0 Å². The van der Waals surface area contributed by atoms with E-state index in [1.54, 1.807) is 19.1 Å². The number of carbonyl (C=O) groups is 2. The molecule has 6 heteroatoms. The number of carbonyl (C=O) groups excluding carboxylic acids is 2. The third kappa shape index (κ3) is 6.78. The first-order valence-corrected chi connectivity index (χ1v) is 8.00. The van der Waals surface area contributed by atoms with E-state index in [-0.39, 0.29) is 30.2 Å². The normalized spacial score (nSPS) is 12.0. The molecule has 0 fully saturated rings. The van der Waals surface area contributed by atoms with Crippen LogP contribution in [0.3, 0.4) is 0 Å². The molecule has 0 aromatic heterocycles. The summed E-state index contributed by atoms with van der Waals surface area (Å²) in [7, 11) is 0. The van der Waals surface area contributed by atoms with Gasteiger partial charge in [0.2, 0.25) is 11.8 Å². The maximum absolute atomic E-state index is 12.8. The lowest BCUT2D eigenvalue weighted by molar-refractivity contribution is -0.128. The molecular weight excluding hydrogens is 297 g/mol. The van der Waals surface area contributed by atoms with Crippen LogP contribution in [0.25, 0.3) is 0 Å². The Balaban J connectivity index is 2.42.